The minimum Gasteiger partial charge on any atom is -0.444 e. The number of nitrogens with zero attached hydrogens (tertiary/aromatic N) is 1. The molecular weight excluding hydrogens is 318 g/mol. The maximum Gasteiger partial charge on any atom is 0.408 e. The molecular formula is C19H23N3O3. The van der Waals surface area contributed by atoms with Gasteiger partial charge in [-0.3, -0.25) is 9.78 Å². The fraction of sp³-hybridized carbons (Fsp3) is 0.316. The summed E-state index contributed by atoms with van der Waals surface area (Å²) >= 11 is 0. The lowest BCUT2D eigenvalue weighted by Gasteiger charge is -2.23. The van der Waals surface area contributed by atoms with E-state index in [1.165, 1.54) is 0 Å². The molecule has 132 valence electrons. The molecule has 0 saturated heterocycles. The van der Waals surface area contributed by atoms with Crippen LogP contribution in [0.15, 0.2) is 54.9 Å². The summed E-state index contributed by atoms with van der Waals surface area (Å²) in [5.41, 5.74) is 0.965. The van der Waals surface area contributed by atoms with E-state index in [-0.39, 0.29) is 5.91 Å². The number of carbonyl (C=O) groups excluding carboxylic acids is 2. The Balaban J connectivity index is 2.08. The molecule has 6 nitrogen and oxygen atoms in total. The van der Waals surface area contributed by atoms with Gasteiger partial charge >= 0.3 is 6.09 Å². The number of aromatic nitrogens is 1. The van der Waals surface area contributed by atoms with Crippen molar-refractivity contribution in [3.8, 4) is 0 Å². The molecule has 0 spiro atoms. The van der Waals surface area contributed by atoms with Crippen LogP contribution in [0.25, 0.3) is 0 Å². The third-order valence-electron chi connectivity index (χ3n) is 3.27. The van der Waals surface area contributed by atoms with Crippen molar-refractivity contribution in [2.24, 2.45) is 0 Å². The summed E-state index contributed by atoms with van der Waals surface area (Å²) in [4.78, 5) is 28.7. The highest BCUT2D eigenvalue weighted by Gasteiger charge is 2.25. The van der Waals surface area contributed by atoms with Crippen LogP contribution in [-0.4, -0.2) is 22.6 Å². The first kappa shape index (κ1) is 18.4. The standard InChI is InChI=1S/C19H23N3O3/c1-19(2,3)25-18(24)22-16(15-7-5-4-6-8-15)17(23)21-13-14-9-11-20-12-10-14/h4-12,16H,13H2,1-3H3,(H,21,23)(H,22,24). The number of hydrogen-bond donors (Lipinski definition) is 2. The van der Waals surface area contributed by atoms with Crippen LogP contribution < -0.4 is 10.6 Å². The average molecular weight is 341 g/mol. The van der Waals surface area contributed by atoms with E-state index < -0.39 is 17.7 Å². The van der Waals surface area contributed by atoms with Crippen LogP contribution >= 0.6 is 0 Å². The van der Waals surface area contributed by atoms with Crippen LogP contribution in [0.3, 0.4) is 0 Å². The lowest BCUT2D eigenvalue weighted by molar-refractivity contribution is -0.123. The second kappa shape index (κ2) is 8.28. The topological polar surface area (TPSA) is 80.3 Å². The molecule has 0 aliphatic carbocycles. The number of ether oxygens (including phenoxy) is 1. The van der Waals surface area contributed by atoms with E-state index in [1.54, 1.807) is 45.3 Å². The van der Waals surface area contributed by atoms with Crippen molar-refractivity contribution in [2.75, 3.05) is 0 Å². The third-order valence-corrected chi connectivity index (χ3v) is 3.27. The lowest BCUT2D eigenvalue weighted by Crippen LogP contribution is -2.42. The Kier molecular flexibility index (Phi) is 6.11. The average Bonchev–Trinajstić information content (AvgIpc) is 2.58. The summed E-state index contributed by atoms with van der Waals surface area (Å²) < 4.78 is 5.26. The van der Waals surface area contributed by atoms with E-state index in [9.17, 15) is 9.59 Å². The quantitative estimate of drug-likeness (QED) is 0.876. The van der Waals surface area contributed by atoms with Gasteiger partial charge in [-0.15, -0.1) is 0 Å². The van der Waals surface area contributed by atoms with Crippen molar-refractivity contribution in [3.05, 3.63) is 66.0 Å². The number of rotatable bonds is 5. The van der Waals surface area contributed by atoms with Crippen molar-refractivity contribution in [1.29, 1.82) is 0 Å². The predicted octanol–water partition coefficient (Wildman–Crippen LogP) is 2.96. The first-order chi connectivity index (χ1) is 11.8. The fourth-order valence-corrected chi connectivity index (χ4v) is 2.16. The van der Waals surface area contributed by atoms with Gasteiger partial charge in [0.25, 0.3) is 0 Å². The fourth-order valence-electron chi connectivity index (χ4n) is 2.16. The van der Waals surface area contributed by atoms with Crippen molar-refractivity contribution in [1.82, 2.24) is 15.6 Å². The number of hydrogen-bond acceptors (Lipinski definition) is 4. The highest BCUT2D eigenvalue weighted by Crippen LogP contribution is 2.15. The molecule has 6 heteroatoms. The molecule has 0 aliphatic heterocycles. The van der Waals surface area contributed by atoms with Gasteiger partial charge in [-0.2, -0.15) is 0 Å². The van der Waals surface area contributed by atoms with Crippen LogP contribution in [-0.2, 0) is 16.1 Å². The van der Waals surface area contributed by atoms with Gasteiger partial charge in [0.05, 0.1) is 0 Å². The normalized spacial score (nSPS) is 12.1. The maximum absolute atomic E-state index is 12.6. The molecule has 1 atom stereocenters. The molecule has 0 saturated carbocycles. The molecule has 0 bridgehead atoms. The number of benzene rings is 1. The largest absolute Gasteiger partial charge is 0.444 e. The molecule has 0 radical (unpaired) electrons. The first-order valence-electron chi connectivity index (χ1n) is 8.06. The van der Waals surface area contributed by atoms with Crippen LogP contribution in [0.5, 0.6) is 0 Å². The number of pyridine rings is 1. The highest BCUT2D eigenvalue weighted by atomic mass is 16.6. The molecule has 1 unspecified atom stereocenters. The molecule has 1 aromatic heterocycles. The highest BCUT2D eigenvalue weighted by molar-refractivity contribution is 5.86. The zero-order chi connectivity index (χ0) is 18.3. The zero-order valence-electron chi connectivity index (χ0n) is 14.7. The smallest absolute Gasteiger partial charge is 0.408 e. The molecule has 2 aromatic rings. The second-order valence-electron chi connectivity index (χ2n) is 6.56. The summed E-state index contributed by atoms with van der Waals surface area (Å²) in [6.07, 6.45) is 2.69. The Morgan fingerprint density at radius 3 is 2.32 bits per heavy atom. The van der Waals surface area contributed by atoms with Gasteiger partial charge in [-0.1, -0.05) is 30.3 Å². The number of carbonyl (C=O) groups is 2. The Labute approximate surface area is 147 Å². The molecule has 2 N–H and O–H groups in total. The Morgan fingerprint density at radius 2 is 1.72 bits per heavy atom. The minimum absolute atomic E-state index is 0.311. The zero-order valence-corrected chi connectivity index (χ0v) is 14.7. The molecule has 0 fully saturated rings. The van der Waals surface area contributed by atoms with E-state index in [2.05, 4.69) is 15.6 Å². The van der Waals surface area contributed by atoms with Crippen molar-refractivity contribution in [2.45, 2.75) is 39.0 Å². The number of nitrogens with one attached hydrogen (secondary N) is 2. The maximum atomic E-state index is 12.6. The van der Waals surface area contributed by atoms with Gasteiger partial charge < -0.3 is 15.4 Å². The number of alkyl carbamates (subject to hydrolysis) is 1. The number of amides is 2. The SMILES string of the molecule is CC(C)(C)OC(=O)NC(C(=O)NCc1ccncc1)c1ccccc1. The van der Waals surface area contributed by atoms with Crippen molar-refractivity contribution >= 4 is 12.0 Å². The Hall–Kier alpha value is -2.89. The molecule has 2 amide bonds. The van der Waals surface area contributed by atoms with Crippen LogP contribution in [0.1, 0.15) is 37.9 Å². The van der Waals surface area contributed by atoms with Crippen molar-refractivity contribution < 1.29 is 14.3 Å². The van der Waals surface area contributed by atoms with Crippen LogP contribution in [0.4, 0.5) is 4.79 Å². The molecule has 1 aromatic carbocycles. The molecule has 2 rings (SSSR count). The van der Waals surface area contributed by atoms with Gasteiger partial charge in [0, 0.05) is 18.9 Å². The van der Waals surface area contributed by atoms with E-state index in [0.717, 1.165) is 5.56 Å². The minimum atomic E-state index is -0.835. The van der Waals surface area contributed by atoms with E-state index in [4.69, 9.17) is 4.74 Å². The van der Waals surface area contributed by atoms with E-state index >= 15 is 0 Å². The van der Waals surface area contributed by atoms with Crippen LogP contribution in [0, 0.1) is 0 Å². The van der Waals surface area contributed by atoms with Gasteiger partial charge in [0.1, 0.15) is 11.6 Å². The van der Waals surface area contributed by atoms with Crippen LogP contribution in [0.2, 0.25) is 0 Å². The van der Waals surface area contributed by atoms with Gasteiger partial charge in [0.2, 0.25) is 5.91 Å². The monoisotopic (exact) mass is 341 g/mol. The van der Waals surface area contributed by atoms with Gasteiger partial charge in [0.15, 0.2) is 0 Å². The summed E-state index contributed by atoms with van der Waals surface area (Å²) in [6, 6.07) is 11.9. The van der Waals surface area contributed by atoms with Gasteiger partial charge in [-0.25, -0.2) is 4.79 Å². The summed E-state index contributed by atoms with van der Waals surface area (Å²) in [5, 5.41) is 5.47. The summed E-state index contributed by atoms with van der Waals surface area (Å²) in [6.45, 7) is 5.66. The van der Waals surface area contributed by atoms with E-state index in [0.29, 0.717) is 12.1 Å². The predicted molar refractivity (Wildman–Crippen MR) is 94.6 cm³/mol. The molecule has 25 heavy (non-hydrogen) atoms. The second-order valence-corrected chi connectivity index (χ2v) is 6.56. The van der Waals surface area contributed by atoms with Crippen molar-refractivity contribution in [3.63, 3.8) is 0 Å². The van der Waals surface area contributed by atoms with Gasteiger partial charge in [-0.05, 0) is 44.0 Å². The molecule has 0 aliphatic rings. The summed E-state index contributed by atoms with van der Waals surface area (Å²) in [5.74, 6) is -0.311. The Bertz CT molecular complexity index is 697. The van der Waals surface area contributed by atoms with E-state index in [1.807, 2.05) is 30.3 Å². The third kappa shape index (κ3) is 6.25. The lowest BCUT2D eigenvalue weighted by atomic mass is 10.1. The Morgan fingerprint density at radius 1 is 1.08 bits per heavy atom. The summed E-state index contributed by atoms with van der Waals surface area (Å²) in [7, 11) is 0. The molecule has 1 heterocycles. The first-order valence-corrected chi connectivity index (χ1v) is 8.06.